The Hall–Kier alpha value is -1.24. The molecular weight excluding hydrogens is 268 g/mol. The fraction of sp³-hybridized carbons (Fsp3) is 0.583. The molecule has 0 atom stereocenters. The predicted molar refractivity (Wildman–Crippen MR) is 72.4 cm³/mol. The minimum atomic E-state index is -0.199. The van der Waals surface area contributed by atoms with E-state index in [1.807, 2.05) is 0 Å². The van der Waals surface area contributed by atoms with Crippen molar-refractivity contribution in [3.8, 4) is 0 Å². The molecule has 0 saturated carbocycles. The van der Waals surface area contributed by atoms with Crippen LogP contribution in [0.2, 0.25) is 0 Å². The van der Waals surface area contributed by atoms with Gasteiger partial charge >= 0.3 is 0 Å². The average molecular weight is 285 g/mol. The number of ether oxygens (including phenoxy) is 1. The summed E-state index contributed by atoms with van der Waals surface area (Å²) in [5.74, 6) is -0.0195. The summed E-state index contributed by atoms with van der Waals surface area (Å²) in [5, 5.41) is 3.31. The molecule has 2 aliphatic heterocycles. The van der Waals surface area contributed by atoms with E-state index in [1.54, 1.807) is 17.3 Å². The molecule has 2 fully saturated rings. The highest BCUT2D eigenvalue weighted by atomic mass is 35.5. The van der Waals surface area contributed by atoms with E-state index in [1.165, 1.54) is 6.33 Å². The number of carbonyl (C=O) groups excluding carboxylic acids is 1. The number of rotatable bonds is 1. The van der Waals surface area contributed by atoms with Crippen molar-refractivity contribution in [2.45, 2.75) is 18.4 Å². The maximum absolute atomic E-state index is 12.0. The van der Waals surface area contributed by atoms with E-state index >= 15 is 0 Å². The van der Waals surface area contributed by atoms with Crippen molar-refractivity contribution in [3.63, 3.8) is 0 Å². The van der Waals surface area contributed by atoms with E-state index < -0.39 is 0 Å². The van der Waals surface area contributed by atoms with E-state index in [0.717, 1.165) is 31.6 Å². The number of nitrogens with one attached hydrogen (secondary N) is 1. The molecule has 6 nitrogen and oxygen atoms in total. The van der Waals surface area contributed by atoms with E-state index in [9.17, 15) is 4.79 Å². The maximum Gasteiger partial charge on any atom is 0.253 e. The molecule has 2 saturated heterocycles. The Balaban J connectivity index is 0.00000133. The molecule has 3 rings (SSSR count). The van der Waals surface area contributed by atoms with Gasteiger partial charge in [-0.3, -0.25) is 4.79 Å². The van der Waals surface area contributed by atoms with Crippen LogP contribution >= 0.6 is 12.4 Å². The summed E-state index contributed by atoms with van der Waals surface area (Å²) in [4.78, 5) is 21.6. The van der Waals surface area contributed by atoms with Gasteiger partial charge in [0, 0.05) is 0 Å². The first-order valence-corrected chi connectivity index (χ1v) is 6.19. The van der Waals surface area contributed by atoms with Gasteiger partial charge in [-0.2, -0.15) is 0 Å². The quantitative estimate of drug-likeness (QED) is 0.808. The van der Waals surface area contributed by atoms with Crippen molar-refractivity contribution in [1.29, 1.82) is 0 Å². The number of nitrogens with zero attached hydrogens (tertiary/aromatic N) is 3. The van der Waals surface area contributed by atoms with E-state index in [4.69, 9.17) is 4.74 Å². The van der Waals surface area contributed by atoms with Crippen LogP contribution in [0.1, 0.15) is 12.8 Å². The van der Waals surface area contributed by atoms with Gasteiger partial charge in [0.05, 0.1) is 30.2 Å². The number of hydrogen-bond acceptors (Lipinski definition) is 5. The monoisotopic (exact) mass is 284 g/mol. The lowest BCUT2D eigenvalue weighted by Gasteiger charge is -2.44. The Morgan fingerprint density at radius 3 is 2.63 bits per heavy atom. The van der Waals surface area contributed by atoms with Gasteiger partial charge in [-0.1, -0.05) is 0 Å². The van der Waals surface area contributed by atoms with E-state index in [-0.39, 0.29) is 30.5 Å². The van der Waals surface area contributed by atoms with Crippen molar-refractivity contribution in [2.75, 3.05) is 31.1 Å². The van der Waals surface area contributed by atoms with Crippen LogP contribution in [-0.4, -0.2) is 47.7 Å². The van der Waals surface area contributed by atoms with Crippen LogP contribution in [0.3, 0.4) is 0 Å². The molecule has 1 N–H and O–H groups in total. The largest absolute Gasteiger partial charge is 0.363 e. The van der Waals surface area contributed by atoms with Crippen LogP contribution < -0.4 is 10.2 Å². The van der Waals surface area contributed by atoms with Crippen molar-refractivity contribution < 1.29 is 9.53 Å². The molecule has 19 heavy (non-hydrogen) atoms. The molecule has 1 aromatic heterocycles. The zero-order valence-corrected chi connectivity index (χ0v) is 11.4. The summed E-state index contributed by atoms with van der Waals surface area (Å²) >= 11 is 0. The molecule has 0 unspecified atom stereocenters. The van der Waals surface area contributed by atoms with Gasteiger partial charge in [-0.05, 0) is 25.9 Å². The fourth-order valence-electron chi connectivity index (χ4n) is 2.57. The highest BCUT2D eigenvalue weighted by Gasteiger charge is 2.41. The number of anilines is 1. The van der Waals surface area contributed by atoms with Crippen molar-refractivity contribution in [2.24, 2.45) is 0 Å². The minimum absolute atomic E-state index is 0. The van der Waals surface area contributed by atoms with Gasteiger partial charge < -0.3 is 15.0 Å². The Bertz CT molecular complexity index is 437. The molecule has 0 bridgehead atoms. The minimum Gasteiger partial charge on any atom is -0.363 e. The van der Waals surface area contributed by atoms with Crippen LogP contribution in [0.15, 0.2) is 18.7 Å². The lowest BCUT2D eigenvalue weighted by atomic mass is 9.90. The molecular formula is C12H17ClN4O2. The van der Waals surface area contributed by atoms with E-state index in [2.05, 4.69) is 15.3 Å². The normalized spacial score (nSPS) is 22.1. The van der Waals surface area contributed by atoms with Crippen molar-refractivity contribution >= 4 is 24.0 Å². The number of halogens is 1. The van der Waals surface area contributed by atoms with Gasteiger partial charge in [-0.15, -0.1) is 12.4 Å². The molecule has 104 valence electrons. The second-order valence-electron chi connectivity index (χ2n) is 4.80. The molecule has 7 heteroatoms. The second-order valence-corrected chi connectivity index (χ2v) is 4.80. The van der Waals surface area contributed by atoms with Gasteiger partial charge in [0.1, 0.15) is 12.9 Å². The molecule has 1 amide bonds. The van der Waals surface area contributed by atoms with Gasteiger partial charge in [0.15, 0.2) is 0 Å². The Labute approximate surface area is 118 Å². The number of hydrogen-bond donors (Lipinski definition) is 1. The Morgan fingerprint density at radius 2 is 1.95 bits per heavy atom. The molecule has 1 aromatic rings. The number of carbonyl (C=O) groups is 1. The topological polar surface area (TPSA) is 67.3 Å². The van der Waals surface area contributed by atoms with Crippen LogP contribution in [0.4, 0.5) is 5.69 Å². The summed E-state index contributed by atoms with van der Waals surface area (Å²) in [5.41, 5.74) is 0.554. The Morgan fingerprint density at radius 1 is 1.26 bits per heavy atom. The highest BCUT2D eigenvalue weighted by Crippen LogP contribution is 2.30. The molecule has 0 aromatic carbocycles. The lowest BCUT2D eigenvalue weighted by molar-refractivity contribution is -0.141. The number of aromatic nitrogens is 2. The first kappa shape index (κ1) is 14.2. The van der Waals surface area contributed by atoms with Gasteiger partial charge in [0.2, 0.25) is 0 Å². The zero-order valence-electron chi connectivity index (χ0n) is 10.5. The number of morpholine rings is 1. The standard InChI is InChI=1S/C12H16N4O2.ClH/c17-11-7-18-12(1-3-13-4-2-12)8-16(11)10-5-14-9-15-6-10;/h5-6,9,13H,1-4,7-8H2;1H. The average Bonchev–Trinajstić information content (AvgIpc) is 2.44. The first-order valence-electron chi connectivity index (χ1n) is 6.19. The SMILES string of the molecule is Cl.O=C1COC2(CCNCC2)CN1c1cncnc1. The van der Waals surface area contributed by atoms with Crippen molar-refractivity contribution in [1.82, 2.24) is 15.3 Å². The number of piperidine rings is 1. The summed E-state index contributed by atoms with van der Waals surface area (Å²) in [7, 11) is 0. The fourth-order valence-corrected chi connectivity index (χ4v) is 2.57. The van der Waals surface area contributed by atoms with Crippen LogP contribution in [0.25, 0.3) is 0 Å². The third kappa shape index (κ3) is 2.86. The lowest BCUT2D eigenvalue weighted by Crippen LogP contribution is -2.58. The van der Waals surface area contributed by atoms with Gasteiger partial charge in [-0.25, -0.2) is 9.97 Å². The summed E-state index contributed by atoms with van der Waals surface area (Å²) < 4.78 is 5.80. The third-order valence-electron chi connectivity index (χ3n) is 3.62. The van der Waals surface area contributed by atoms with Crippen LogP contribution in [0, 0.1) is 0 Å². The third-order valence-corrected chi connectivity index (χ3v) is 3.62. The molecule has 3 heterocycles. The zero-order chi connectivity index (χ0) is 12.4. The summed E-state index contributed by atoms with van der Waals surface area (Å²) in [6.45, 7) is 2.62. The molecule has 0 radical (unpaired) electrons. The summed E-state index contributed by atoms with van der Waals surface area (Å²) in [6.07, 6.45) is 6.68. The maximum atomic E-state index is 12.0. The van der Waals surface area contributed by atoms with Gasteiger partial charge in [0.25, 0.3) is 5.91 Å². The second kappa shape index (κ2) is 5.81. The molecule has 0 aliphatic carbocycles. The summed E-state index contributed by atoms with van der Waals surface area (Å²) in [6, 6.07) is 0. The van der Waals surface area contributed by atoms with Crippen molar-refractivity contribution in [3.05, 3.63) is 18.7 Å². The Kier molecular flexibility index (Phi) is 4.34. The molecule has 2 aliphatic rings. The van der Waals surface area contributed by atoms with E-state index in [0.29, 0.717) is 6.54 Å². The smallest absolute Gasteiger partial charge is 0.253 e. The highest BCUT2D eigenvalue weighted by molar-refractivity contribution is 5.94. The predicted octanol–water partition coefficient (Wildman–Crippen LogP) is 0.384. The first-order chi connectivity index (χ1) is 8.79. The van der Waals surface area contributed by atoms with Crippen LogP contribution in [-0.2, 0) is 9.53 Å². The molecule has 1 spiro atoms. The van der Waals surface area contributed by atoms with Crippen LogP contribution in [0.5, 0.6) is 0 Å². The number of amides is 1.